The maximum Gasteiger partial charge on any atom is 0.410 e. The van der Waals surface area contributed by atoms with E-state index in [1.54, 1.807) is 4.90 Å². The Morgan fingerprint density at radius 3 is 2.61 bits per heavy atom. The van der Waals surface area contributed by atoms with Gasteiger partial charge in [0.1, 0.15) is 12.3 Å². The standard InChI is InChI=1S/C20H27N3O5/c1-4-13(2)17-12-28-20(26)23(17)15-7-9-22(10-8-15)18(24)16-6-5-14(11-21-16)19(25)27-3/h5-6,11,13,15,17H,4,7-10,12H2,1-3H3/t13-,17-/m0/s1. The molecule has 0 saturated carbocycles. The van der Waals surface area contributed by atoms with Gasteiger partial charge in [-0.1, -0.05) is 20.3 Å². The Balaban J connectivity index is 1.61. The molecule has 0 unspecified atom stereocenters. The number of piperidine rings is 1. The van der Waals surface area contributed by atoms with Crippen molar-refractivity contribution in [3.05, 3.63) is 29.6 Å². The molecule has 2 aliphatic rings. The number of likely N-dealkylation sites (tertiary alicyclic amines) is 1. The number of hydrogen-bond donors (Lipinski definition) is 0. The zero-order valence-electron chi connectivity index (χ0n) is 16.6. The van der Waals surface area contributed by atoms with E-state index in [1.807, 2.05) is 4.90 Å². The minimum Gasteiger partial charge on any atom is -0.465 e. The molecule has 1 aromatic heterocycles. The molecule has 0 N–H and O–H groups in total. The van der Waals surface area contributed by atoms with Gasteiger partial charge in [-0.25, -0.2) is 9.59 Å². The van der Waals surface area contributed by atoms with Gasteiger partial charge in [-0.05, 0) is 30.9 Å². The van der Waals surface area contributed by atoms with E-state index in [1.165, 1.54) is 25.4 Å². The number of carbonyl (C=O) groups is 3. The van der Waals surface area contributed by atoms with Crippen LogP contribution in [0.1, 0.15) is 54.0 Å². The van der Waals surface area contributed by atoms with E-state index in [2.05, 4.69) is 23.6 Å². The Morgan fingerprint density at radius 2 is 2.04 bits per heavy atom. The van der Waals surface area contributed by atoms with Crippen molar-refractivity contribution in [1.29, 1.82) is 0 Å². The third-order valence-electron chi connectivity index (χ3n) is 5.80. The second-order valence-electron chi connectivity index (χ2n) is 7.38. The quantitative estimate of drug-likeness (QED) is 0.718. The zero-order chi connectivity index (χ0) is 20.3. The number of cyclic esters (lactones) is 1. The summed E-state index contributed by atoms with van der Waals surface area (Å²) in [7, 11) is 1.30. The molecule has 152 valence electrons. The number of nitrogens with zero attached hydrogens (tertiary/aromatic N) is 3. The number of methoxy groups -OCH3 is 1. The van der Waals surface area contributed by atoms with Crippen LogP contribution in [-0.2, 0) is 9.47 Å². The van der Waals surface area contributed by atoms with Gasteiger partial charge in [-0.3, -0.25) is 14.7 Å². The number of hydrogen-bond acceptors (Lipinski definition) is 6. The van der Waals surface area contributed by atoms with E-state index >= 15 is 0 Å². The monoisotopic (exact) mass is 389 g/mol. The molecule has 2 aliphatic heterocycles. The van der Waals surface area contributed by atoms with Crippen molar-refractivity contribution in [2.45, 2.75) is 45.2 Å². The van der Waals surface area contributed by atoms with E-state index in [9.17, 15) is 14.4 Å². The highest BCUT2D eigenvalue weighted by atomic mass is 16.6. The SMILES string of the molecule is CC[C@H](C)[C@@H]1COC(=O)N1C1CCN(C(=O)c2ccc(C(=O)OC)cn2)CC1. The minimum absolute atomic E-state index is 0.0905. The number of carbonyl (C=O) groups excluding carboxylic acids is 3. The number of pyridine rings is 1. The first-order valence-electron chi connectivity index (χ1n) is 9.75. The molecule has 2 amide bonds. The lowest BCUT2D eigenvalue weighted by atomic mass is 9.95. The van der Waals surface area contributed by atoms with Crippen molar-refractivity contribution in [3.63, 3.8) is 0 Å². The molecule has 0 bridgehead atoms. The average Bonchev–Trinajstić information content (AvgIpc) is 3.13. The first-order chi connectivity index (χ1) is 13.5. The summed E-state index contributed by atoms with van der Waals surface area (Å²) >= 11 is 0. The van der Waals surface area contributed by atoms with Crippen LogP contribution in [0.25, 0.3) is 0 Å². The molecule has 8 heteroatoms. The molecule has 8 nitrogen and oxygen atoms in total. The topological polar surface area (TPSA) is 89.0 Å². The third kappa shape index (κ3) is 3.95. The van der Waals surface area contributed by atoms with Crippen molar-refractivity contribution < 1.29 is 23.9 Å². The summed E-state index contributed by atoms with van der Waals surface area (Å²) in [5.41, 5.74) is 0.602. The molecule has 0 aromatic carbocycles. The summed E-state index contributed by atoms with van der Waals surface area (Å²) in [5.74, 6) is -0.276. The predicted octanol–water partition coefficient (Wildman–Crippen LogP) is 2.34. The van der Waals surface area contributed by atoms with Crippen LogP contribution in [0, 0.1) is 5.92 Å². The fourth-order valence-electron chi connectivity index (χ4n) is 3.85. The van der Waals surface area contributed by atoms with Gasteiger partial charge >= 0.3 is 12.1 Å². The lowest BCUT2D eigenvalue weighted by molar-refractivity contribution is 0.0588. The summed E-state index contributed by atoms with van der Waals surface area (Å²) in [6.45, 7) is 5.82. The largest absolute Gasteiger partial charge is 0.465 e. The number of ether oxygens (including phenoxy) is 2. The van der Waals surface area contributed by atoms with Crippen LogP contribution in [0.15, 0.2) is 18.3 Å². The summed E-state index contributed by atoms with van der Waals surface area (Å²) < 4.78 is 9.94. The number of aromatic nitrogens is 1. The number of amides is 2. The third-order valence-corrected chi connectivity index (χ3v) is 5.80. The van der Waals surface area contributed by atoms with Gasteiger partial charge in [-0.15, -0.1) is 0 Å². The fraction of sp³-hybridized carbons (Fsp3) is 0.600. The Bertz CT molecular complexity index is 728. The van der Waals surface area contributed by atoms with Crippen LogP contribution < -0.4 is 0 Å². The molecule has 3 heterocycles. The van der Waals surface area contributed by atoms with Gasteiger partial charge in [0.2, 0.25) is 0 Å². The van der Waals surface area contributed by atoms with Crippen molar-refractivity contribution in [2.75, 3.05) is 26.8 Å². The molecular weight excluding hydrogens is 362 g/mol. The number of esters is 1. The van der Waals surface area contributed by atoms with Crippen molar-refractivity contribution in [3.8, 4) is 0 Å². The first kappa shape index (κ1) is 20.1. The summed E-state index contributed by atoms with van der Waals surface area (Å²) in [4.78, 5) is 44.1. The van der Waals surface area contributed by atoms with Crippen LogP contribution in [0.4, 0.5) is 4.79 Å². The van der Waals surface area contributed by atoms with Crippen LogP contribution in [0.5, 0.6) is 0 Å². The Hall–Kier alpha value is -2.64. The van der Waals surface area contributed by atoms with Crippen molar-refractivity contribution in [1.82, 2.24) is 14.8 Å². The molecule has 0 spiro atoms. The molecule has 28 heavy (non-hydrogen) atoms. The maximum absolute atomic E-state index is 12.7. The second-order valence-corrected chi connectivity index (χ2v) is 7.38. The van der Waals surface area contributed by atoms with Crippen LogP contribution in [-0.4, -0.2) is 71.6 Å². The van der Waals surface area contributed by atoms with Crippen LogP contribution in [0.2, 0.25) is 0 Å². The normalized spacial score (nSPS) is 21.4. The van der Waals surface area contributed by atoms with E-state index in [4.69, 9.17) is 4.74 Å². The lowest BCUT2D eigenvalue weighted by Gasteiger charge is -2.39. The molecule has 2 fully saturated rings. The Morgan fingerprint density at radius 1 is 1.32 bits per heavy atom. The Labute approximate surface area is 164 Å². The summed E-state index contributed by atoms with van der Waals surface area (Å²) in [6.07, 6.45) is 3.53. The smallest absolute Gasteiger partial charge is 0.410 e. The zero-order valence-corrected chi connectivity index (χ0v) is 16.6. The molecule has 1 aromatic rings. The van der Waals surface area contributed by atoms with Gasteiger partial charge in [0.15, 0.2) is 0 Å². The van der Waals surface area contributed by atoms with Gasteiger partial charge in [0.25, 0.3) is 5.91 Å². The van der Waals surface area contributed by atoms with Gasteiger partial charge < -0.3 is 14.4 Å². The lowest BCUT2D eigenvalue weighted by Crippen LogP contribution is -2.51. The van der Waals surface area contributed by atoms with E-state index in [0.29, 0.717) is 49.7 Å². The van der Waals surface area contributed by atoms with Gasteiger partial charge in [0.05, 0.1) is 18.7 Å². The molecule has 3 rings (SSSR count). The minimum atomic E-state index is -0.485. The highest BCUT2D eigenvalue weighted by molar-refractivity contribution is 5.94. The summed E-state index contributed by atoms with van der Waals surface area (Å²) in [5, 5.41) is 0. The average molecular weight is 389 g/mol. The van der Waals surface area contributed by atoms with Gasteiger partial charge in [-0.2, -0.15) is 0 Å². The fourth-order valence-corrected chi connectivity index (χ4v) is 3.85. The van der Waals surface area contributed by atoms with Crippen molar-refractivity contribution >= 4 is 18.0 Å². The van der Waals surface area contributed by atoms with E-state index in [0.717, 1.165) is 6.42 Å². The predicted molar refractivity (Wildman–Crippen MR) is 101 cm³/mol. The highest BCUT2D eigenvalue weighted by Gasteiger charge is 2.41. The molecule has 0 radical (unpaired) electrons. The first-order valence-corrected chi connectivity index (χ1v) is 9.75. The maximum atomic E-state index is 12.7. The molecule has 2 atom stereocenters. The van der Waals surface area contributed by atoms with E-state index < -0.39 is 5.97 Å². The molecule has 0 aliphatic carbocycles. The van der Waals surface area contributed by atoms with Crippen LogP contribution in [0.3, 0.4) is 0 Å². The van der Waals surface area contributed by atoms with Gasteiger partial charge in [0, 0.05) is 25.3 Å². The van der Waals surface area contributed by atoms with E-state index in [-0.39, 0.29) is 24.1 Å². The molecular formula is C20H27N3O5. The molecule has 2 saturated heterocycles. The van der Waals surface area contributed by atoms with Crippen LogP contribution >= 0.6 is 0 Å². The highest BCUT2D eigenvalue weighted by Crippen LogP contribution is 2.29. The van der Waals surface area contributed by atoms with Crippen molar-refractivity contribution in [2.24, 2.45) is 5.92 Å². The number of rotatable bonds is 5. The second kappa shape index (κ2) is 8.58. The summed E-state index contributed by atoms with van der Waals surface area (Å²) in [6, 6.07) is 3.28. The Kier molecular flexibility index (Phi) is 6.16.